The van der Waals surface area contributed by atoms with Gasteiger partial charge in [0, 0.05) is 31.6 Å². The Balaban J connectivity index is 1.80. The summed E-state index contributed by atoms with van der Waals surface area (Å²) in [6.45, 7) is 1.40. The lowest BCUT2D eigenvalue weighted by Gasteiger charge is -2.09. The van der Waals surface area contributed by atoms with E-state index in [2.05, 4.69) is 20.8 Å². The van der Waals surface area contributed by atoms with E-state index in [4.69, 9.17) is 4.74 Å². The van der Waals surface area contributed by atoms with Crippen LogP contribution in [0.5, 0.6) is 5.75 Å². The van der Waals surface area contributed by atoms with Gasteiger partial charge in [0.05, 0.1) is 7.11 Å². The molecule has 0 saturated carbocycles. The number of hydrogen-bond donors (Lipinski definition) is 2. The molecule has 0 unspecified atom stereocenters. The molecule has 2 N–H and O–H groups in total. The lowest BCUT2D eigenvalue weighted by molar-refractivity contribution is -0.121. The van der Waals surface area contributed by atoms with E-state index >= 15 is 0 Å². The van der Waals surface area contributed by atoms with Gasteiger partial charge in [0.15, 0.2) is 0 Å². The van der Waals surface area contributed by atoms with Gasteiger partial charge < -0.3 is 20.3 Å². The van der Waals surface area contributed by atoms with Crippen molar-refractivity contribution in [3.8, 4) is 5.75 Å². The topological polar surface area (TPSA) is 96.5 Å². The number of carbonyl (C=O) groups excluding carboxylic acids is 2. The summed E-state index contributed by atoms with van der Waals surface area (Å²) in [7, 11) is 5.48. The number of likely N-dealkylation sites (N-methyl/N-ethyl adjacent to an activating group) is 1. The van der Waals surface area contributed by atoms with Crippen LogP contribution in [0.4, 0.5) is 5.69 Å². The summed E-state index contributed by atoms with van der Waals surface area (Å²) >= 11 is 1.19. The van der Waals surface area contributed by atoms with Gasteiger partial charge in [-0.05, 0) is 38.4 Å². The number of rotatable bonds is 9. The van der Waals surface area contributed by atoms with E-state index in [1.807, 2.05) is 19.0 Å². The summed E-state index contributed by atoms with van der Waals surface area (Å²) < 4.78 is 5.08. The number of aryl methyl sites for hydroxylation is 1. The van der Waals surface area contributed by atoms with Gasteiger partial charge >= 0.3 is 0 Å². The lowest BCUT2D eigenvalue weighted by Crippen LogP contribution is -2.31. The second kappa shape index (κ2) is 9.83. The molecule has 0 aliphatic carbocycles. The Labute approximate surface area is 156 Å². The molecule has 2 rings (SSSR count). The Morgan fingerprint density at radius 1 is 1.19 bits per heavy atom. The number of aromatic nitrogens is 2. The van der Waals surface area contributed by atoms with Gasteiger partial charge in [0.25, 0.3) is 5.91 Å². The molecule has 0 atom stereocenters. The van der Waals surface area contributed by atoms with Crippen LogP contribution in [0.2, 0.25) is 0 Å². The minimum Gasteiger partial charge on any atom is -0.497 e. The van der Waals surface area contributed by atoms with Crippen molar-refractivity contribution in [2.75, 3.05) is 39.6 Å². The van der Waals surface area contributed by atoms with Gasteiger partial charge in [-0.1, -0.05) is 11.3 Å². The first-order valence-corrected chi connectivity index (χ1v) is 8.99. The molecule has 2 aromatic rings. The molecule has 1 heterocycles. The molecule has 26 heavy (non-hydrogen) atoms. The zero-order valence-electron chi connectivity index (χ0n) is 15.1. The molecule has 2 amide bonds. The van der Waals surface area contributed by atoms with E-state index in [1.165, 1.54) is 11.3 Å². The van der Waals surface area contributed by atoms with Crippen LogP contribution in [0.1, 0.15) is 21.2 Å². The molecule has 0 bridgehead atoms. The number of ether oxygens (including phenoxy) is 1. The van der Waals surface area contributed by atoms with Crippen LogP contribution in [0.3, 0.4) is 0 Å². The summed E-state index contributed by atoms with van der Waals surface area (Å²) in [6, 6.07) is 7.01. The van der Waals surface area contributed by atoms with Crippen LogP contribution < -0.4 is 15.4 Å². The number of hydrogen-bond acceptors (Lipinski definition) is 7. The molecule has 0 radical (unpaired) electrons. The third-order valence-electron chi connectivity index (χ3n) is 3.46. The molecule has 9 heteroatoms. The minimum absolute atomic E-state index is 0.0358. The summed E-state index contributed by atoms with van der Waals surface area (Å²) in [6.07, 6.45) is 0.781. The second-order valence-corrected chi connectivity index (χ2v) is 6.90. The second-order valence-electron chi connectivity index (χ2n) is 5.84. The summed E-state index contributed by atoms with van der Waals surface area (Å²) in [5.74, 6) is 0.352. The highest BCUT2D eigenvalue weighted by molar-refractivity contribution is 7.13. The predicted molar refractivity (Wildman–Crippen MR) is 101 cm³/mol. The van der Waals surface area contributed by atoms with Crippen molar-refractivity contribution in [3.05, 3.63) is 34.3 Å². The zero-order valence-corrected chi connectivity index (χ0v) is 15.9. The van der Waals surface area contributed by atoms with E-state index in [-0.39, 0.29) is 16.8 Å². The third-order valence-corrected chi connectivity index (χ3v) is 4.44. The van der Waals surface area contributed by atoms with Crippen molar-refractivity contribution in [3.63, 3.8) is 0 Å². The van der Waals surface area contributed by atoms with Crippen molar-refractivity contribution in [2.24, 2.45) is 0 Å². The molecule has 0 fully saturated rings. The highest BCUT2D eigenvalue weighted by Gasteiger charge is 2.14. The summed E-state index contributed by atoms with van der Waals surface area (Å²) in [5.41, 5.74) is 0.646. The van der Waals surface area contributed by atoms with E-state index in [1.54, 1.807) is 31.4 Å². The Hall–Kier alpha value is -2.52. The minimum atomic E-state index is -0.325. The summed E-state index contributed by atoms with van der Waals surface area (Å²) in [4.78, 5) is 26.0. The van der Waals surface area contributed by atoms with Crippen LogP contribution in [0.25, 0.3) is 0 Å². The van der Waals surface area contributed by atoms with Crippen molar-refractivity contribution in [1.82, 2.24) is 20.4 Å². The zero-order chi connectivity index (χ0) is 18.9. The maximum Gasteiger partial charge on any atom is 0.286 e. The van der Waals surface area contributed by atoms with Gasteiger partial charge in [0.1, 0.15) is 10.8 Å². The molecule has 1 aromatic carbocycles. The first kappa shape index (κ1) is 19.8. The molecule has 0 aliphatic rings. The highest BCUT2D eigenvalue weighted by atomic mass is 32.1. The van der Waals surface area contributed by atoms with Crippen LogP contribution >= 0.6 is 11.3 Å². The van der Waals surface area contributed by atoms with Crippen LogP contribution in [-0.2, 0) is 11.2 Å². The third kappa shape index (κ3) is 6.41. The van der Waals surface area contributed by atoms with Gasteiger partial charge in [-0.15, -0.1) is 10.2 Å². The molecule has 1 aromatic heterocycles. The number of anilines is 1. The van der Waals surface area contributed by atoms with Crippen LogP contribution in [-0.4, -0.2) is 61.2 Å². The number of methoxy groups -OCH3 is 1. The van der Waals surface area contributed by atoms with Gasteiger partial charge in [0.2, 0.25) is 10.9 Å². The SMILES string of the molecule is COc1ccc(NC(=O)c2nnc(CCC(=O)NCCN(C)C)s2)cc1. The lowest BCUT2D eigenvalue weighted by atomic mass is 10.3. The quantitative estimate of drug-likeness (QED) is 0.686. The normalized spacial score (nSPS) is 10.6. The monoisotopic (exact) mass is 377 g/mol. The number of amides is 2. The number of benzene rings is 1. The van der Waals surface area contributed by atoms with Gasteiger partial charge in [-0.3, -0.25) is 9.59 Å². The first-order chi connectivity index (χ1) is 12.5. The van der Waals surface area contributed by atoms with Crippen LogP contribution in [0, 0.1) is 0 Å². The molecule has 0 saturated heterocycles. The molecule has 0 spiro atoms. The maximum absolute atomic E-state index is 12.2. The Morgan fingerprint density at radius 2 is 1.92 bits per heavy atom. The smallest absolute Gasteiger partial charge is 0.286 e. The Morgan fingerprint density at radius 3 is 2.58 bits per heavy atom. The molecule has 0 aliphatic heterocycles. The molecule has 8 nitrogen and oxygen atoms in total. The number of nitrogens with one attached hydrogen (secondary N) is 2. The Kier molecular flexibility index (Phi) is 7.49. The predicted octanol–water partition coefficient (Wildman–Crippen LogP) is 1.41. The molecular weight excluding hydrogens is 354 g/mol. The average molecular weight is 377 g/mol. The summed E-state index contributed by atoms with van der Waals surface area (Å²) in [5, 5.41) is 14.4. The first-order valence-electron chi connectivity index (χ1n) is 8.17. The Bertz CT molecular complexity index is 730. The van der Waals surface area contributed by atoms with E-state index in [0.717, 1.165) is 6.54 Å². The fraction of sp³-hybridized carbons (Fsp3) is 0.412. The highest BCUT2D eigenvalue weighted by Crippen LogP contribution is 2.17. The number of carbonyl (C=O) groups is 2. The van der Waals surface area contributed by atoms with Crippen molar-refractivity contribution < 1.29 is 14.3 Å². The van der Waals surface area contributed by atoms with E-state index in [0.29, 0.717) is 35.8 Å². The molecular formula is C17H23N5O3S. The van der Waals surface area contributed by atoms with Crippen molar-refractivity contribution in [2.45, 2.75) is 12.8 Å². The van der Waals surface area contributed by atoms with E-state index in [9.17, 15) is 9.59 Å². The largest absolute Gasteiger partial charge is 0.497 e. The fourth-order valence-corrected chi connectivity index (χ4v) is 2.77. The standard InChI is InChI=1S/C17H23N5O3S/c1-22(2)11-10-18-14(23)8-9-15-20-21-17(26-15)16(24)19-12-4-6-13(25-3)7-5-12/h4-7H,8-11H2,1-3H3,(H,18,23)(H,19,24). The fourth-order valence-electron chi connectivity index (χ4n) is 2.03. The van der Waals surface area contributed by atoms with Gasteiger partial charge in [-0.2, -0.15) is 0 Å². The number of nitrogens with zero attached hydrogens (tertiary/aromatic N) is 3. The van der Waals surface area contributed by atoms with Gasteiger partial charge in [-0.25, -0.2) is 0 Å². The maximum atomic E-state index is 12.2. The van der Waals surface area contributed by atoms with Crippen molar-refractivity contribution in [1.29, 1.82) is 0 Å². The average Bonchev–Trinajstić information content (AvgIpc) is 3.09. The molecule has 140 valence electrons. The van der Waals surface area contributed by atoms with E-state index < -0.39 is 0 Å². The van der Waals surface area contributed by atoms with Crippen LogP contribution in [0.15, 0.2) is 24.3 Å². The van der Waals surface area contributed by atoms with Crippen molar-refractivity contribution >= 4 is 28.8 Å².